The molecule has 0 aliphatic carbocycles. The monoisotopic (exact) mass is 197 g/mol. The molecule has 2 N–H and O–H groups in total. The van der Waals surface area contributed by atoms with Gasteiger partial charge in [0.1, 0.15) is 0 Å². The van der Waals surface area contributed by atoms with Gasteiger partial charge in [-0.05, 0) is 0 Å². The first-order chi connectivity index (χ1) is 6.63. The fraction of sp³-hybridized carbons (Fsp3) is 0.375. The van der Waals surface area contributed by atoms with E-state index >= 15 is 0 Å². The third kappa shape index (κ3) is 2.58. The fourth-order valence-electron chi connectivity index (χ4n) is 0.967. The van der Waals surface area contributed by atoms with E-state index in [4.69, 9.17) is 0 Å². The van der Waals surface area contributed by atoms with Crippen molar-refractivity contribution in [3.05, 3.63) is 33.1 Å². The quantitative estimate of drug-likeness (QED) is 0.629. The van der Waals surface area contributed by atoms with Crippen molar-refractivity contribution < 1.29 is 4.79 Å². The summed E-state index contributed by atoms with van der Waals surface area (Å²) in [5.41, 5.74) is -0.937. The number of carbonyl (C=O) groups excluding carboxylic acids is 1. The Morgan fingerprint density at radius 3 is 2.86 bits per heavy atom. The zero-order chi connectivity index (χ0) is 10.6. The predicted octanol–water partition coefficient (Wildman–Crippen LogP) is -1.33. The lowest BCUT2D eigenvalue weighted by molar-refractivity contribution is -0.120. The molecule has 1 aromatic heterocycles. The Morgan fingerprint density at radius 1 is 1.57 bits per heavy atom. The predicted molar refractivity (Wildman–Crippen MR) is 50.0 cm³/mol. The summed E-state index contributed by atoms with van der Waals surface area (Å²) in [7, 11) is 1.53. The number of rotatable bonds is 3. The molecule has 1 aromatic rings. The van der Waals surface area contributed by atoms with Crippen molar-refractivity contribution in [2.24, 2.45) is 0 Å². The molecular formula is C8H11N3O3. The number of nitrogens with one attached hydrogen (secondary N) is 2. The first-order valence-corrected chi connectivity index (χ1v) is 4.14. The van der Waals surface area contributed by atoms with Gasteiger partial charge in [-0.1, -0.05) is 0 Å². The Morgan fingerprint density at radius 2 is 2.29 bits per heavy atom. The van der Waals surface area contributed by atoms with Crippen LogP contribution >= 0.6 is 0 Å². The molecule has 0 saturated carbocycles. The first-order valence-electron chi connectivity index (χ1n) is 4.14. The molecule has 1 amide bonds. The van der Waals surface area contributed by atoms with Crippen LogP contribution in [0.4, 0.5) is 0 Å². The van der Waals surface area contributed by atoms with Crippen LogP contribution in [0.25, 0.3) is 0 Å². The maximum Gasteiger partial charge on any atom is 0.328 e. The van der Waals surface area contributed by atoms with Gasteiger partial charge in [-0.2, -0.15) is 0 Å². The van der Waals surface area contributed by atoms with Crippen LogP contribution in [0, 0.1) is 0 Å². The van der Waals surface area contributed by atoms with Gasteiger partial charge in [-0.25, -0.2) is 4.79 Å². The number of aromatic amines is 1. The SMILES string of the molecule is CNC(=O)CCn1ccc(=O)[nH]c1=O. The highest BCUT2D eigenvalue weighted by atomic mass is 16.2. The van der Waals surface area contributed by atoms with Crippen molar-refractivity contribution in [1.82, 2.24) is 14.9 Å². The van der Waals surface area contributed by atoms with E-state index in [-0.39, 0.29) is 18.9 Å². The molecule has 0 saturated heterocycles. The summed E-state index contributed by atoms with van der Waals surface area (Å²) < 4.78 is 1.27. The van der Waals surface area contributed by atoms with Crippen LogP contribution in [-0.4, -0.2) is 22.5 Å². The van der Waals surface area contributed by atoms with Crippen LogP contribution in [0.1, 0.15) is 6.42 Å². The second-order valence-electron chi connectivity index (χ2n) is 2.73. The van der Waals surface area contributed by atoms with Gasteiger partial charge in [0.05, 0.1) is 0 Å². The van der Waals surface area contributed by atoms with Gasteiger partial charge >= 0.3 is 5.69 Å². The lowest BCUT2D eigenvalue weighted by atomic mass is 10.4. The van der Waals surface area contributed by atoms with Gasteiger partial charge in [0, 0.05) is 32.3 Å². The summed E-state index contributed by atoms with van der Waals surface area (Å²) in [5, 5.41) is 2.44. The topological polar surface area (TPSA) is 84.0 Å². The summed E-state index contributed by atoms with van der Waals surface area (Å²) in [6.45, 7) is 0.259. The van der Waals surface area contributed by atoms with Gasteiger partial charge < -0.3 is 9.88 Å². The Kier molecular flexibility index (Phi) is 3.22. The van der Waals surface area contributed by atoms with E-state index in [1.807, 2.05) is 0 Å². The Bertz CT molecular complexity index is 432. The van der Waals surface area contributed by atoms with Crippen molar-refractivity contribution in [1.29, 1.82) is 0 Å². The van der Waals surface area contributed by atoms with Gasteiger partial charge in [-0.15, -0.1) is 0 Å². The summed E-state index contributed by atoms with van der Waals surface area (Å²) in [4.78, 5) is 34.8. The van der Waals surface area contributed by atoms with Crippen LogP contribution in [0.3, 0.4) is 0 Å². The number of nitrogens with zero attached hydrogens (tertiary/aromatic N) is 1. The highest BCUT2D eigenvalue weighted by Crippen LogP contribution is 1.84. The smallest absolute Gasteiger partial charge is 0.328 e. The zero-order valence-electron chi connectivity index (χ0n) is 7.74. The second-order valence-corrected chi connectivity index (χ2v) is 2.73. The zero-order valence-corrected chi connectivity index (χ0v) is 7.74. The van der Waals surface area contributed by atoms with E-state index in [2.05, 4.69) is 10.3 Å². The summed E-state index contributed by atoms with van der Waals surface area (Å²) in [5.74, 6) is -0.150. The minimum absolute atomic E-state index is 0.150. The van der Waals surface area contributed by atoms with Gasteiger partial charge in [-0.3, -0.25) is 14.6 Å². The third-order valence-electron chi connectivity index (χ3n) is 1.76. The minimum Gasteiger partial charge on any atom is -0.359 e. The lowest BCUT2D eigenvalue weighted by Crippen LogP contribution is -2.30. The van der Waals surface area contributed by atoms with E-state index in [1.54, 1.807) is 0 Å². The third-order valence-corrected chi connectivity index (χ3v) is 1.76. The second kappa shape index (κ2) is 4.40. The molecule has 0 unspecified atom stereocenters. The van der Waals surface area contributed by atoms with E-state index < -0.39 is 11.2 Å². The van der Waals surface area contributed by atoms with Crippen LogP contribution in [0.15, 0.2) is 21.9 Å². The molecule has 1 rings (SSSR count). The maximum atomic E-state index is 11.1. The lowest BCUT2D eigenvalue weighted by Gasteiger charge is -2.02. The standard InChI is InChI=1S/C8H11N3O3/c1-9-6(12)2-4-11-5-3-7(13)10-8(11)14/h3,5H,2,4H2,1H3,(H,9,12)(H,10,13,14). The summed E-state index contributed by atoms with van der Waals surface area (Å²) in [6, 6.07) is 1.24. The maximum absolute atomic E-state index is 11.1. The molecule has 6 heteroatoms. The molecule has 0 aromatic carbocycles. The van der Waals surface area contributed by atoms with Crippen LogP contribution in [0.5, 0.6) is 0 Å². The van der Waals surface area contributed by atoms with Gasteiger partial charge in [0.25, 0.3) is 5.56 Å². The summed E-state index contributed by atoms with van der Waals surface area (Å²) >= 11 is 0. The number of aromatic nitrogens is 2. The summed E-state index contributed by atoms with van der Waals surface area (Å²) in [6.07, 6.45) is 1.58. The van der Waals surface area contributed by atoms with Crippen molar-refractivity contribution in [3.8, 4) is 0 Å². The Balaban J connectivity index is 2.73. The van der Waals surface area contributed by atoms with Gasteiger partial charge in [0.15, 0.2) is 0 Å². The molecule has 0 radical (unpaired) electrons. The largest absolute Gasteiger partial charge is 0.359 e. The van der Waals surface area contributed by atoms with Crippen molar-refractivity contribution in [3.63, 3.8) is 0 Å². The number of amides is 1. The molecule has 0 spiro atoms. The Labute approximate surface area is 79.6 Å². The number of aryl methyl sites for hydroxylation is 1. The highest BCUT2D eigenvalue weighted by molar-refractivity contribution is 5.75. The Hall–Kier alpha value is -1.85. The molecule has 0 bridgehead atoms. The molecule has 14 heavy (non-hydrogen) atoms. The van der Waals surface area contributed by atoms with E-state index in [0.717, 1.165) is 0 Å². The first kappa shape index (κ1) is 10.2. The molecule has 0 atom stereocenters. The molecule has 0 aliphatic rings. The van der Waals surface area contributed by atoms with Crippen LogP contribution in [-0.2, 0) is 11.3 Å². The van der Waals surface area contributed by atoms with Crippen molar-refractivity contribution >= 4 is 5.91 Å². The number of carbonyl (C=O) groups is 1. The molecule has 0 aliphatic heterocycles. The molecule has 6 nitrogen and oxygen atoms in total. The average Bonchev–Trinajstić information content (AvgIpc) is 2.16. The van der Waals surface area contributed by atoms with Gasteiger partial charge in [0.2, 0.25) is 5.91 Å². The van der Waals surface area contributed by atoms with E-state index in [1.165, 1.54) is 23.9 Å². The fourth-order valence-corrected chi connectivity index (χ4v) is 0.967. The van der Waals surface area contributed by atoms with Crippen molar-refractivity contribution in [2.75, 3.05) is 7.05 Å². The highest BCUT2D eigenvalue weighted by Gasteiger charge is 2.00. The molecular weight excluding hydrogens is 186 g/mol. The average molecular weight is 197 g/mol. The van der Waals surface area contributed by atoms with Crippen molar-refractivity contribution in [2.45, 2.75) is 13.0 Å². The molecule has 1 heterocycles. The minimum atomic E-state index is -0.499. The molecule has 0 fully saturated rings. The number of hydrogen-bond donors (Lipinski definition) is 2. The van der Waals surface area contributed by atoms with Crippen LogP contribution in [0.2, 0.25) is 0 Å². The van der Waals surface area contributed by atoms with Crippen LogP contribution < -0.4 is 16.6 Å². The normalized spacial score (nSPS) is 9.79. The number of hydrogen-bond acceptors (Lipinski definition) is 3. The van der Waals surface area contributed by atoms with E-state index in [0.29, 0.717) is 0 Å². The number of H-pyrrole nitrogens is 1. The molecule has 76 valence electrons. The van der Waals surface area contributed by atoms with E-state index in [9.17, 15) is 14.4 Å².